The minimum atomic E-state index is -0.617. The number of hydrogen-bond acceptors (Lipinski definition) is 4. The average molecular weight is 198 g/mol. The summed E-state index contributed by atoms with van der Waals surface area (Å²) < 4.78 is 10.1. The van der Waals surface area contributed by atoms with E-state index in [1.54, 1.807) is 6.92 Å². The Bertz CT molecular complexity index is 241. The first-order valence-electron chi connectivity index (χ1n) is 4.50. The van der Waals surface area contributed by atoms with Crippen molar-refractivity contribution in [3.8, 4) is 6.07 Å². The van der Waals surface area contributed by atoms with Crippen molar-refractivity contribution in [2.24, 2.45) is 5.41 Å². The zero-order chi connectivity index (χ0) is 10.4. The molecule has 0 saturated carbocycles. The van der Waals surface area contributed by atoms with E-state index in [-0.39, 0.29) is 12.7 Å². The van der Waals surface area contributed by atoms with Gasteiger partial charge in [-0.3, -0.25) is 4.79 Å². The van der Waals surface area contributed by atoms with E-state index < -0.39 is 5.41 Å². The fraction of sp³-hybridized carbons (Fsp3) is 0.778. The number of rotatable bonds is 3. The van der Waals surface area contributed by atoms with E-state index in [0.29, 0.717) is 26.2 Å². The summed E-state index contributed by atoms with van der Waals surface area (Å²) in [4.78, 5) is 11.6. The zero-order valence-electron chi connectivity index (χ0n) is 8.21. The normalized spacial score (nSPS) is 19.7. The van der Waals surface area contributed by atoms with Gasteiger partial charge in [-0.2, -0.15) is 5.26 Å². The van der Waals surface area contributed by atoms with Gasteiger partial charge in [-0.1, -0.05) is 0 Å². The average Bonchev–Trinajstić information content (AvgIpc) is 2.19. The zero-order valence-corrected chi connectivity index (χ0v) is 8.21. The van der Waals surface area contributed by atoms with Gasteiger partial charge in [0.2, 0.25) is 5.91 Å². The predicted molar refractivity (Wildman–Crippen MR) is 48.1 cm³/mol. The SMILES string of the molecule is CC1(C(=O)NCCC#N)COCOC1. The molecule has 0 radical (unpaired) electrons. The van der Waals surface area contributed by atoms with Gasteiger partial charge < -0.3 is 14.8 Å². The topological polar surface area (TPSA) is 71.4 Å². The number of nitrogens with zero attached hydrogens (tertiary/aromatic N) is 1. The molecule has 0 bridgehead atoms. The second-order valence-electron chi connectivity index (χ2n) is 3.54. The number of nitriles is 1. The first kappa shape index (κ1) is 11.0. The van der Waals surface area contributed by atoms with Crippen LogP contribution in [0.5, 0.6) is 0 Å². The molecule has 5 heteroatoms. The molecule has 78 valence electrons. The maximum absolute atomic E-state index is 11.6. The Morgan fingerprint density at radius 2 is 2.21 bits per heavy atom. The van der Waals surface area contributed by atoms with E-state index in [1.807, 2.05) is 6.07 Å². The van der Waals surface area contributed by atoms with Crippen LogP contribution >= 0.6 is 0 Å². The van der Waals surface area contributed by atoms with Gasteiger partial charge in [0, 0.05) is 6.54 Å². The van der Waals surface area contributed by atoms with E-state index in [4.69, 9.17) is 14.7 Å². The molecule has 0 unspecified atom stereocenters. The molecular weight excluding hydrogens is 184 g/mol. The van der Waals surface area contributed by atoms with Gasteiger partial charge in [0.05, 0.1) is 31.1 Å². The number of amides is 1. The third-order valence-electron chi connectivity index (χ3n) is 2.08. The molecule has 1 fully saturated rings. The number of ether oxygens (including phenoxy) is 2. The third-order valence-corrected chi connectivity index (χ3v) is 2.08. The summed E-state index contributed by atoms with van der Waals surface area (Å²) in [5.41, 5.74) is -0.617. The molecule has 5 nitrogen and oxygen atoms in total. The first-order valence-corrected chi connectivity index (χ1v) is 4.50. The standard InChI is InChI=1S/C9H14N2O3/c1-9(5-13-7-14-6-9)8(12)11-4-2-3-10/h2,4-7H2,1H3,(H,11,12). The van der Waals surface area contributed by atoms with Crippen LogP contribution in [0.3, 0.4) is 0 Å². The van der Waals surface area contributed by atoms with Crippen LogP contribution in [0.25, 0.3) is 0 Å². The van der Waals surface area contributed by atoms with Crippen LogP contribution in [-0.4, -0.2) is 32.5 Å². The van der Waals surface area contributed by atoms with Crippen LogP contribution in [0.1, 0.15) is 13.3 Å². The van der Waals surface area contributed by atoms with Crippen LogP contribution < -0.4 is 5.32 Å². The molecule has 1 N–H and O–H groups in total. The molecule has 14 heavy (non-hydrogen) atoms. The molecule has 1 amide bonds. The lowest BCUT2D eigenvalue weighted by Crippen LogP contribution is -2.48. The van der Waals surface area contributed by atoms with Crippen molar-refractivity contribution in [3.05, 3.63) is 0 Å². The molecule has 0 aromatic carbocycles. The lowest BCUT2D eigenvalue weighted by atomic mass is 9.91. The second-order valence-corrected chi connectivity index (χ2v) is 3.54. The van der Waals surface area contributed by atoms with Crippen LogP contribution in [-0.2, 0) is 14.3 Å². The predicted octanol–water partition coefficient (Wildman–Crippen LogP) is 0.0269. The van der Waals surface area contributed by atoms with Gasteiger partial charge in [0.1, 0.15) is 6.79 Å². The molecule has 1 heterocycles. The van der Waals surface area contributed by atoms with Crippen LogP contribution in [0.15, 0.2) is 0 Å². The summed E-state index contributed by atoms with van der Waals surface area (Å²) in [5.74, 6) is -0.118. The molecular formula is C9H14N2O3. The molecule has 0 spiro atoms. The lowest BCUT2D eigenvalue weighted by molar-refractivity contribution is -0.173. The van der Waals surface area contributed by atoms with Crippen molar-refractivity contribution in [1.82, 2.24) is 5.32 Å². The summed E-state index contributed by atoms with van der Waals surface area (Å²) in [7, 11) is 0. The quantitative estimate of drug-likeness (QED) is 0.649. The number of carbonyl (C=O) groups excluding carboxylic acids is 1. The molecule has 1 aliphatic rings. The Morgan fingerprint density at radius 1 is 1.57 bits per heavy atom. The third kappa shape index (κ3) is 2.69. The minimum absolute atomic E-state index is 0.118. The molecule has 1 saturated heterocycles. The van der Waals surface area contributed by atoms with Crippen molar-refractivity contribution in [1.29, 1.82) is 5.26 Å². The van der Waals surface area contributed by atoms with E-state index in [2.05, 4.69) is 5.32 Å². The van der Waals surface area contributed by atoms with Gasteiger partial charge in [0.25, 0.3) is 0 Å². The van der Waals surface area contributed by atoms with E-state index in [0.717, 1.165) is 0 Å². The second kappa shape index (κ2) is 4.94. The van der Waals surface area contributed by atoms with Crippen molar-refractivity contribution in [3.63, 3.8) is 0 Å². The van der Waals surface area contributed by atoms with Gasteiger partial charge in [0.15, 0.2) is 0 Å². The summed E-state index contributed by atoms with van der Waals surface area (Å²) in [6, 6.07) is 1.96. The Kier molecular flexibility index (Phi) is 3.86. The van der Waals surface area contributed by atoms with Gasteiger partial charge in [-0.25, -0.2) is 0 Å². The highest BCUT2D eigenvalue weighted by Crippen LogP contribution is 2.21. The van der Waals surface area contributed by atoms with Crippen molar-refractivity contribution < 1.29 is 14.3 Å². The van der Waals surface area contributed by atoms with Crippen LogP contribution in [0, 0.1) is 16.7 Å². The number of carbonyl (C=O) groups is 1. The summed E-state index contributed by atoms with van der Waals surface area (Å²) in [6.07, 6.45) is 0.323. The molecule has 1 aliphatic heterocycles. The Balaban J connectivity index is 2.38. The highest BCUT2D eigenvalue weighted by molar-refractivity contribution is 5.82. The van der Waals surface area contributed by atoms with E-state index in [1.165, 1.54) is 0 Å². The van der Waals surface area contributed by atoms with Gasteiger partial charge >= 0.3 is 0 Å². The smallest absolute Gasteiger partial charge is 0.230 e. The Hall–Kier alpha value is -1.12. The Morgan fingerprint density at radius 3 is 2.79 bits per heavy atom. The monoisotopic (exact) mass is 198 g/mol. The fourth-order valence-corrected chi connectivity index (χ4v) is 1.21. The van der Waals surface area contributed by atoms with Crippen LogP contribution in [0.2, 0.25) is 0 Å². The summed E-state index contributed by atoms with van der Waals surface area (Å²) >= 11 is 0. The van der Waals surface area contributed by atoms with Crippen LogP contribution in [0.4, 0.5) is 0 Å². The molecule has 1 rings (SSSR count). The van der Waals surface area contributed by atoms with Crippen molar-refractivity contribution in [2.75, 3.05) is 26.6 Å². The first-order chi connectivity index (χ1) is 6.69. The summed E-state index contributed by atoms with van der Waals surface area (Å²) in [5, 5.41) is 11.0. The highest BCUT2D eigenvalue weighted by Gasteiger charge is 2.36. The largest absolute Gasteiger partial charge is 0.354 e. The highest BCUT2D eigenvalue weighted by atomic mass is 16.7. The lowest BCUT2D eigenvalue weighted by Gasteiger charge is -2.31. The van der Waals surface area contributed by atoms with Gasteiger partial charge in [-0.15, -0.1) is 0 Å². The van der Waals surface area contributed by atoms with Crippen molar-refractivity contribution >= 4 is 5.91 Å². The van der Waals surface area contributed by atoms with E-state index in [9.17, 15) is 4.79 Å². The molecule has 0 aromatic rings. The molecule has 0 aliphatic carbocycles. The van der Waals surface area contributed by atoms with Gasteiger partial charge in [-0.05, 0) is 6.92 Å². The van der Waals surface area contributed by atoms with Crippen molar-refractivity contribution in [2.45, 2.75) is 13.3 Å². The minimum Gasteiger partial charge on any atom is -0.354 e. The molecule has 0 aromatic heterocycles. The Labute approximate surface area is 83.0 Å². The maximum Gasteiger partial charge on any atom is 0.230 e. The number of hydrogen-bond donors (Lipinski definition) is 1. The fourth-order valence-electron chi connectivity index (χ4n) is 1.21. The maximum atomic E-state index is 11.6. The number of nitrogens with one attached hydrogen (secondary N) is 1. The van der Waals surface area contributed by atoms with E-state index >= 15 is 0 Å². The molecule has 0 atom stereocenters. The summed E-state index contributed by atoms with van der Waals surface area (Å²) in [6.45, 7) is 3.15.